The molecule has 21 heavy (non-hydrogen) atoms. The molecule has 1 aliphatic rings. The zero-order valence-corrected chi connectivity index (χ0v) is 12.2. The lowest BCUT2D eigenvalue weighted by molar-refractivity contribution is 0.0884. The molecular formula is C16H19N3O2. The maximum atomic E-state index is 5.92. The maximum absolute atomic E-state index is 5.92. The van der Waals surface area contributed by atoms with Crippen LogP contribution in [0.4, 0.5) is 0 Å². The summed E-state index contributed by atoms with van der Waals surface area (Å²) < 4.78 is 11.6. The van der Waals surface area contributed by atoms with Gasteiger partial charge in [-0.1, -0.05) is 12.1 Å². The number of nitrogens with zero attached hydrogens (tertiary/aromatic N) is 2. The molecule has 2 heterocycles. The van der Waals surface area contributed by atoms with Gasteiger partial charge in [0.1, 0.15) is 12.7 Å². The highest BCUT2D eigenvalue weighted by molar-refractivity contribution is 5.40. The number of para-hydroxylation sites is 2. The van der Waals surface area contributed by atoms with Crippen molar-refractivity contribution in [2.24, 2.45) is 0 Å². The highest BCUT2D eigenvalue weighted by Crippen LogP contribution is 2.30. The number of aryl methyl sites for hydroxylation is 1. The van der Waals surface area contributed by atoms with E-state index in [0.717, 1.165) is 22.9 Å². The fourth-order valence-corrected chi connectivity index (χ4v) is 2.41. The summed E-state index contributed by atoms with van der Waals surface area (Å²) in [6, 6.07) is 7.87. The zero-order chi connectivity index (χ0) is 14.7. The molecule has 3 rings (SSSR count). The van der Waals surface area contributed by atoms with Crippen molar-refractivity contribution in [3.05, 3.63) is 48.0 Å². The van der Waals surface area contributed by atoms with Crippen LogP contribution in [0.5, 0.6) is 11.5 Å². The summed E-state index contributed by atoms with van der Waals surface area (Å²) in [5.74, 6) is 1.62. The smallest absolute Gasteiger partial charge is 0.161 e. The van der Waals surface area contributed by atoms with Crippen molar-refractivity contribution in [2.75, 3.05) is 13.2 Å². The minimum Gasteiger partial charge on any atom is -0.486 e. The second kappa shape index (κ2) is 6.10. The Labute approximate surface area is 124 Å². The first kappa shape index (κ1) is 13.8. The van der Waals surface area contributed by atoms with Crippen molar-refractivity contribution in [2.45, 2.75) is 26.0 Å². The molecule has 5 nitrogen and oxygen atoms in total. The summed E-state index contributed by atoms with van der Waals surface area (Å²) >= 11 is 0. The standard InChI is InChI=1S/C16H19N3O2/c1-11-16(18-8-7-17-11)12(2)19-9-13-10-20-14-5-3-4-6-15(14)21-13/h3-8,12-13,19H,9-10H2,1-2H3. The monoisotopic (exact) mass is 285 g/mol. The highest BCUT2D eigenvalue weighted by atomic mass is 16.6. The molecule has 1 N–H and O–H groups in total. The van der Waals surface area contributed by atoms with Crippen LogP contribution in [0, 0.1) is 6.92 Å². The predicted octanol–water partition coefficient (Wildman–Crippen LogP) is 2.28. The molecule has 5 heteroatoms. The first-order valence-electron chi connectivity index (χ1n) is 7.13. The number of hydrogen-bond donors (Lipinski definition) is 1. The number of nitrogens with one attached hydrogen (secondary N) is 1. The Balaban J connectivity index is 1.58. The van der Waals surface area contributed by atoms with Gasteiger partial charge < -0.3 is 14.8 Å². The maximum Gasteiger partial charge on any atom is 0.161 e. The molecule has 0 saturated carbocycles. The van der Waals surface area contributed by atoms with E-state index in [1.807, 2.05) is 31.2 Å². The molecule has 0 radical (unpaired) electrons. The Morgan fingerprint density at radius 1 is 1.24 bits per heavy atom. The summed E-state index contributed by atoms with van der Waals surface area (Å²) in [7, 11) is 0. The molecule has 1 aliphatic heterocycles. The largest absolute Gasteiger partial charge is 0.486 e. The van der Waals surface area contributed by atoms with Gasteiger partial charge in [-0.05, 0) is 26.0 Å². The lowest BCUT2D eigenvalue weighted by Crippen LogP contribution is -2.39. The van der Waals surface area contributed by atoms with Gasteiger partial charge in [0.25, 0.3) is 0 Å². The van der Waals surface area contributed by atoms with Gasteiger partial charge in [-0.25, -0.2) is 0 Å². The van der Waals surface area contributed by atoms with Crippen LogP contribution >= 0.6 is 0 Å². The van der Waals surface area contributed by atoms with Crippen LogP contribution in [0.15, 0.2) is 36.7 Å². The van der Waals surface area contributed by atoms with Crippen LogP contribution in [0.25, 0.3) is 0 Å². The number of rotatable bonds is 4. The molecular weight excluding hydrogens is 266 g/mol. The first-order chi connectivity index (χ1) is 10.2. The molecule has 0 bridgehead atoms. The molecule has 2 aromatic rings. The van der Waals surface area contributed by atoms with Gasteiger partial charge in [-0.2, -0.15) is 0 Å². The van der Waals surface area contributed by atoms with Crippen LogP contribution in [0.1, 0.15) is 24.4 Å². The van der Waals surface area contributed by atoms with Crippen molar-refractivity contribution in [1.29, 1.82) is 0 Å². The first-order valence-corrected chi connectivity index (χ1v) is 7.13. The summed E-state index contributed by atoms with van der Waals surface area (Å²) in [5, 5.41) is 3.43. The Morgan fingerprint density at radius 3 is 2.81 bits per heavy atom. The van der Waals surface area contributed by atoms with Crippen LogP contribution in [-0.4, -0.2) is 29.2 Å². The average molecular weight is 285 g/mol. The Bertz CT molecular complexity index is 618. The molecule has 0 fully saturated rings. The van der Waals surface area contributed by atoms with Gasteiger partial charge in [0, 0.05) is 25.0 Å². The fraction of sp³-hybridized carbons (Fsp3) is 0.375. The minimum atomic E-state index is -0.000623. The molecule has 0 spiro atoms. The molecule has 1 aromatic heterocycles. The van der Waals surface area contributed by atoms with Gasteiger partial charge >= 0.3 is 0 Å². The van der Waals surface area contributed by atoms with Crippen LogP contribution < -0.4 is 14.8 Å². The summed E-state index contributed by atoms with van der Waals surface area (Å²) in [5.41, 5.74) is 1.92. The lowest BCUT2D eigenvalue weighted by Gasteiger charge is -2.27. The van der Waals surface area contributed by atoms with E-state index in [1.165, 1.54) is 0 Å². The summed E-state index contributed by atoms with van der Waals surface area (Å²) in [6.45, 7) is 5.30. The van der Waals surface area contributed by atoms with Gasteiger partial charge in [0.05, 0.1) is 11.4 Å². The second-order valence-electron chi connectivity index (χ2n) is 5.15. The molecule has 0 saturated heterocycles. The Kier molecular flexibility index (Phi) is 4.01. The number of aromatic nitrogens is 2. The van der Waals surface area contributed by atoms with E-state index in [9.17, 15) is 0 Å². The normalized spacial score (nSPS) is 18.3. The van der Waals surface area contributed by atoms with E-state index in [2.05, 4.69) is 22.2 Å². The summed E-state index contributed by atoms with van der Waals surface area (Å²) in [6.07, 6.45) is 3.43. The zero-order valence-electron chi connectivity index (χ0n) is 12.2. The van der Waals surface area contributed by atoms with Crippen molar-refractivity contribution in [3.8, 4) is 11.5 Å². The molecule has 0 aliphatic carbocycles. The Morgan fingerprint density at radius 2 is 2.00 bits per heavy atom. The second-order valence-corrected chi connectivity index (χ2v) is 5.15. The third kappa shape index (κ3) is 3.13. The third-order valence-electron chi connectivity index (χ3n) is 3.55. The van der Waals surface area contributed by atoms with Gasteiger partial charge in [-0.15, -0.1) is 0 Å². The topological polar surface area (TPSA) is 56.3 Å². The van der Waals surface area contributed by atoms with Crippen LogP contribution in [0.2, 0.25) is 0 Å². The minimum absolute atomic E-state index is 0.000623. The van der Waals surface area contributed by atoms with Crippen LogP contribution in [0.3, 0.4) is 0 Å². The summed E-state index contributed by atoms with van der Waals surface area (Å²) in [4.78, 5) is 8.65. The quantitative estimate of drug-likeness (QED) is 0.934. The SMILES string of the molecule is Cc1nccnc1C(C)NCC1COc2ccccc2O1. The number of hydrogen-bond acceptors (Lipinski definition) is 5. The van der Waals surface area contributed by atoms with E-state index >= 15 is 0 Å². The van der Waals surface area contributed by atoms with Crippen molar-refractivity contribution < 1.29 is 9.47 Å². The van der Waals surface area contributed by atoms with Crippen molar-refractivity contribution >= 4 is 0 Å². The fourth-order valence-electron chi connectivity index (χ4n) is 2.41. The van der Waals surface area contributed by atoms with E-state index in [1.54, 1.807) is 12.4 Å². The number of fused-ring (bicyclic) bond motifs is 1. The average Bonchev–Trinajstić information content (AvgIpc) is 2.53. The van der Waals surface area contributed by atoms with E-state index in [-0.39, 0.29) is 12.1 Å². The predicted molar refractivity (Wildman–Crippen MR) is 79.5 cm³/mol. The molecule has 1 aromatic carbocycles. The van der Waals surface area contributed by atoms with Crippen molar-refractivity contribution in [3.63, 3.8) is 0 Å². The van der Waals surface area contributed by atoms with Gasteiger partial charge in [0.2, 0.25) is 0 Å². The van der Waals surface area contributed by atoms with E-state index in [0.29, 0.717) is 13.2 Å². The van der Waals surface area contributed by atoms with E-state index in [4.69, 9.17) is 9.47 Å². The van der Waals surface area contributed by atoms with Crippen LogP contribution in [-0.2, 0) is 0 Å². The Hall–Kier alpha value is -2.14. The lowest BCUT2D eigenvalue weighted by atomic mass is 10.2. The highest BCUT2D eigenvalue weighted by Gasteiger charge is 2.21. The van der Waals surface area contributed by atoms with Gasteiger partial charge in [0.15, 0.2) is 11.5 Å². The molecule has 110 valence electrons. The van der Waals surface area contributed by atoms with E-state index < -0.39 is 0 Å². The molecule has 2 atom stereocenters. The number of ether oxygens (including phenoxy) is 2. The van der Waals surface area contributed by atoms with Gasteiger partial charge in [-0.3, -0.25) is 9.97 Å². The third-order valence-corrected chi connectivity index (χ3v) is 3.55. The van der Waals surface area contributed by atoms with Crippen molar-refractivity contribution in [1.82, 2.24) is 15.3 Å². The number of benzene rings is 1. The molecule has 0 amide bonds. The molecule has 2 unspecified atom stereocenters.